The maximum atomic E-state index is 17.1. The van der Waals surface area contributed by atoms with Gasteiger partial charge in [-0.15, -0.1) is 0 Å². The number of Topliss-reactive ketones (excluding diaryl/α,β-unsaturated/α-hetero) is 1. The van der Waals surface area contributed by atoms with Gasteiger partial charge in [-0.05, 0) is 69.6 Å². The summed E-state index contributed by atoms with van der Waals surface area (Å²) in [6, 6.07) is 0. The number of alkyl halides is 2. The molecule has 0 aromatic heterocycles. The van der Waals surface area contributed by atoms with Crippen molar-refractivity contribution in [3.63, 3.8) is 0 Å². The second kappa shape index (κ2) is 7.28. The van der Waals surface area contributed by atoms with Gasteiger partial charge in [-0.3, -0.25) is 9.59 Å². The first-order valence-corrected chi connectivity index (χ1v) is 11.6. The van der Waals surface area contributed by atoms with Crippen molar-refractivity contribution in [1.29, 1.82) is 0 Å². The number of halogens is 2. The Morgan fingerprint density at radius 2 is 1.94 bits per heavy atom. The average Bonchev–Trinajstić information content (AvgIpc) is 2.91. The van der Waals surface area contributed by atoms with Crippen molar-refractivity contribution in [2.24, 2.45) is 28.6 Å². The van der Waals surface area contributed by atoms with Gasteiger partial charge < -0.3 is 14.9 Å². The molecule has 0 amide bonds. The largest absolute Gasteiger partial charge is 0.390 e. The molecule has 4 aliphatic rings. The van der Waals surface area contributed by atoms with Crippen molar-refractivity contribution in [2.75, 3.05) is 6.61 Å². The minimum atomic E-state index is -2.22. The van der Waals surface area contributed by atoms with Crippen LogP contribution in [-0.2, 0) is 14.3 Å². The average molecular weight is 453 g/mol. The molecule has 4 aliphatic carbocycles. The number of aliphatic hydroxyl groups excluding tert-OH is 1. The van der Waals surface area contributed by atoms with Gasteiger partial charge in [0.2, 0.25) is 0 Å². The zero-order valence-corrected chi connectivity index (χ0v) is 19.4. The van der Waals surface area contributed by atoms with Gasteiger partial charge in [0.15, 0.2) is 17.2 Å². The molecule has 0 aromatic rings. The van der Waals surface area contributed by atoms with Gasteiger partial charge in [-0.2, -0.15) is 0 Å². The Kier molecular flexibility index (Phi) is 5.39. The van der Waals surface area contributed by atoms with E-state index in [2.05, 4.69) is 0 Å². The van der Waals surface area contributed by atoms with E-state index in [-0.39, 0.29) is 31.1 Å². The number of rotatable bonds is 4. The second-order valence-corrected chi connectivity index (χ2v) is 11.0. The fourth-order valence-corrected chi connectivity index (χ4v) is 7.49. The molecule has 2 N–H and O–H groups in total. The van der Waals surface area contributed by atoms with Crippen molar-refractivity contribution in [1.82, 2.24) is 0 Å². The highest BCUT2D eigenvalue weighted by Crippen LogP contribution is 2.70. The number of ether oxygens (including phenoxy) is 1. The lowest BCUT2D eigenvalue weighted by molar-refractivity contribution is -0.224. The maximum absolute atomic E-state index is 17.1. The molecule has 5 nitrogen and oxygen atoms in total. The predicted molar refractivity (Wildman–Crippen MR) is 114 cm³/mol. The number of carbonyl (C=O) groups is 2. The number of fused-ring (bicyclic) bond motifs is 5. The standard InChI is InChI=1S/C25H34F2O5/c1-13(2)32-12-21(30)25(31)14(3)8-16-17-10-19(26)18-9-15(28)6-7-22(18,4)24(17,27)20(29)11-23(16,25)5/h6-7,9,13-14,16-17,19-20,29,31H,8,10-12H2,1-5H3/t14-,16-,17-,19-,20-,22-,23-,24-,25-/m0/s1. The first-order valence-electron chi connectivity index (χ1n) is 11.6. The van der Waals surface area contributed by atoms with Crippen LogP contribution >= 0.6 is 0 Å². The normalized spacial score (nSPS) is 50.0. The number of hydrogen-bond acceptors (Lipinski definition) is 5. The summed E-state index contributed by atoms with van der Waals surface area (Å²) in [6.07, 6.45) is 0.509. The van der Waals surface area contributed by atoms with Crippen molar-refractivity contribution < 1.29 is 33.3 Å². The molecule has 0 aliphatic heterocycles. The van der Waals surface area contributed by atoms with Crippen LogP contribution in [0.4, 0.5) is 8.78 Å². The Morgan fingerprint density at radius 3 is 2.56 bits per heavy atom. The summed E-state index contributed by atoms with van der Waals surface area (Å²) in [6.45, 7) is 8.32. The van der Waals surface area contributed by atoms with E-state index in [0.29, 0.717) is 6.42 Å². The van der Waals surface area contributed by atoms with Crippen LogP contribution in [0.1, 0.15) is 53.9 Å². The summed E-state index contributed by atoms with van der Waals surface area (Å²) < 4.78 is 37.9. The topological polar surface area (TPSA) is 83.8 Å². The van der Waals surface area contributed by atoms with Gasteiger partial charge in [0, 0.05) is 16.7 Å². The van der Waals surface area contributed by atoms with E-state index in [1.54, 1.807) is 34.6 Å². The number of hydrogen-bond donors (Lipinski definition) is 2. The van der Waals surface area contributed by atoms with Crippen LogP contribution in [0.15, 0.2) is 23.8 Å². The molecule has 3 fully saturated rings. The van der Waals surface area contributed by atoms with Gasteiger partial charge in [-0.1, -0.05) is 19.9 Å². The SMILES string of the molecule is CC(C)OCC(=O)[C@@]1(O)[C@@H](C)C[C@H]2[C@@H]3C[C@H](F)C4=CC(=O)C=C[C@]4(C)[C@@]3(F)[C@@H](O)C[C@@]21C. The van der Waals surface area contributed by atoms with E-state index < -0.39 is 63.7 Å². The molecule has 0 saturated heterocycles. The van der Waals surface area contributed by atoms with E-state index in [1.807, 2.05) is 0 Å². The van der Waals surface area contributed by atoms with Crippen molar-refractivity contribution >= 4 is 11.6 Å². The first kappa shape index (κ1) is 23.7. The minimum Gasteiger partial charge on any atom is -0.390 e. The summed E-state index contributed by atoms with van der Waals surface area (Å²) in [5.41, 5.74) is -6.57. The third-order valence-corrected chi connectivity index (χ3v) is 9.18. The fourth-order valence-electron chi connectivity index (χ4n) is 7.49. The molecule has 0 spiro atoms. The molecular formula is C25H34F2O5. The van der Waals surface area contributed by atoms with Gasteiger partial charge in [0.25, 0.3) is 0 Å². The molecule has 32 heavy (non-hydrogen) atoms. The Morgan fingerprint density at radius 1 is 1.28 bits per heavy atom. The summed E-state index contributed by atoms with van der Waals surface area (Å²) in [5, 5.41) is 23.0. The highest BCUT2D eigenvalue weighted by Gasteiger charge is 2.76. The van der Waals surface area contributed by atoms with E-state index >= 15 is 8.78 Å². The van der Waals surface area contributed by atoms with Crippen LogP contribution in [0.5, 0.6) is 0 Å². The molecular weight excluding hydrogens is 418 g/mol. The van der Waals surface area contributed by atoms with Crippen LogP contribution in [0.25, 0.3) is 0 Å². The lowest BCUT2D eigenvalue weighted by Crippen LogP contribution is -2.70. The van der Waals surface area contributed by atoms with Gasteiger partial charge in [0.1, 0.15) is 18.4 Å². The van der Waals surface area contributed by atoms with Crippen molar-refractivity contribution in [3.05, 3.63) is 23.8 Å². The minimum absolute atomic E-state index is 0.0640. The number of carbonyl (C=O) groups excluding carboxylic acids is 2. The van der Waals surface area contributed by atoms with Gasteiger partial charge >= 0.3 is 0 Å². The van der Waals surface area contributed by atoms with Crippen LogP contribution in [0.2, 0.25) is 0 Å². The summed E-state index contributed by atoms with van der Waals surface area (Å²) in [7, 11) is 0. The zero-order valence-electron chi connectivity index (χ0n) is 19.4. The van der Waals surface area contributed by atoms with E-state index in [4.69, 9.17) is 4.74 Å². The molecule has 178 valence electrons. The lowest BCUT2D eigenvalue weighted by Gasteiger charge is -2.63. The smallest absolute Gasteiger partial charge is 0.190 e. The summed E-state index contributed by atoms with van der Waals surface area (Å²) in [5.74, 6) is -2.80. The van der Waals surface area contributed by atoms with Crippen LogP contribution in [-0.4, -0.2) is 58.0 Å². The number of aliphatic hydroxyl groups is 2. The predicted octanol–water partition coefficient (Wildman–Crippen LogP) is 3.28. The Hall–Kier alpha value is -1.44. The Bertz CT molecular complexity index is 899. The highest BCUT2D eigenvalue weighted by atomic mass is 19.1. The molecule has 0 unspecified atom stereocenters. The van der Waals surface area contributed by atoms with Gasteiger partial charge in [0.05, 0.1) is 12.2 Å². The number of allylic oxidation sites excluding steroid dienone is 4. The van der Waals surface area contributed by atoms with Crippen LogP contribution in [0, 0.1) is 28.6 Å². The highest BCUT2D eigenvalue weighted by molar-refractivity contribution is 6.01. The van der Waals surface area contributed by atoms with E-state index in [0.717, 1.165) is 6.08 Å². The van der Waals surface area contributed by atoms with E-state index in [9.17, 15) is 19.8 Å². The maximum Gasteiger partial charge on any atom is 0.190 e. The first-order chi connectivity index (χ1) is 14.7. The Balaban J connectivity index is 1.78. The van der Waals surface area contributed by atoms with Gasteiger partial charge in [-0.25, -0.2) is 8.78 Å². The molecule has 7 heteroatoms. The second-order valence-electron chi connectivity index (χ2n) is 11.0. The lowest BCUT2D eigenvalue weighted by atomic mass is 9.44. The molecule has 0 radical (unpaired) electrons. The van der Waals surface area contributed by atoms with Crippen LogP contribution < -0.4 is 0 Å². The van der Waals surface area contributed by atoms with Crippen molar-refractivity contribution in [3.8, 4) is 0 Å². The quantitative estimate of drug-likeness (QED) is 0.684. The van der Waals surface area contributed by atoms with Crippen LogP contribution in [0.3, 0.4) is 0 Å². The molecule has 0 bridgehead atoms. The monoisotopic (exact) mass is 452 g/mol. The summed E-state index contributed by atoms with van der Waals surface area (Å²) >= 11 is 0. The molecule has 3 saturated carbocycles. The zero-order chi connectivity index (χ0) is 23.9. The third-order valence-electron chi connectivity index (χ3n) is 9.18. The molecule has 0 aromatic carbocycles. The molecule has 0 heterocycles. The Labute approximate surface area is 187 Å². The van der Waals surface area contributed by atoms with E-state index in [1.165, 1.54) is 12.2 Å². The molecule has 9 atom stereocenters. The van der Waals surface area contributed by atoms with Crippen molar-refractivity contribution in [2.45, 2.75) is 83.5 Å². The summed E-state index contributed by atoms with van der Waals surface area (Å²) in [4.78, 5) is 25.1. The third kappa shape index (κ3) is 2.77. The number of ketones is 2. The molecule has 4 rings (SSSR count). The fraction of sp³-hybridized carbons (Fsp3) is 0.760.